The van der Waals surface area contributed by atoms with E-state index >= 15 is 0 Å². The lowest BCUT2D eigenvalue weighted by Gasteiger charge is -2.22. The topological polar surface area (TPSA) is 59.0 Å². The Hall–Kier alpha value is -1.50. The zero-order valence-electron chi connectivity index (χ0n) is 13.9. The second-order valence-electron chi connectivity index (χ2n) is 5.83. The number of nitrogens with zero attached hydrogens (tertiary/aromatic N) is 2. The number of aryl methyl sites for hydroxylation is 2. The Balaban J connectivity index is 0.00000208. The van der Waals surface area contributed by atoms with Crippen LogP contribution in [0.25, 0.3) is 11.3 Å². The van der Waals surface area contributed by atoms with Gasteiger partial charge in [0.25, 0.3) is 0 Å². The average Bonchev–Trinajstić information content (AvgIpc) is 2.89. The fourth-order valence-electron chi connectivity index (χ4n) is 2.74. The molecule has 1 saturated heterocycles. The van der Waals surface area contributed by atoms with Gasteiger partial charge in [0.1, 0.15) is 5.82 Å². The molecule has 1 aromatic heterocycles. The van der Waals surface area contributed by atoms with E-state index in [2.05, 4.69) is 28.7 Å². The van der Waals surface area contributed by atoms with Crippen molar-refractivity contribution in [3.8, 4) is 11.3 Å². The molecule has 0 saturated carbocycles. The summed E-state index contributed by atoms with van der Waals surface area (Å²) in [7, 11) is 1.85. The van der Waals surface area contributed by atoms with Crippen molar-refractivity contribution >= 4 is 35.9 Å². The van der Waals surface area contributed by atoms with Gasteiger partial charge in [-0.05, 0) is 12.5 Å². The number of aromatic nitrogens is 2. The van der Waals surface area contributed by atoms with E-state index < -0.39 is 0 Å². The first-order valence-corrected chi connectivity index (χ1v) is 9.00. The van der Waals surface area contributed by atoms with Gasteiger partial charge in [0.05, 0.1) is 5.69 Å². The minimum Gasteiger partial charge on any atom is -0.312 e. The van der Waals surface area contributed by atoms with Crippen LogP contribution in [-0.4, -0.2) is 39.8 Å². The van der Waals surface area contributed by atoms with Crippen LogP contribution in [0, 0.1) is 6.92 Å². The number of hydrogen-bond donors (Lipinski definition) is 2. The zero-order chi connectivity index (χ0) is 16.2. The number of anilines is 1. The molecule has 1 aliphatic heterocycles. The third kappa shape index (κ3) is 4.53. The SMILES string of the molecule is Cc1ccccc1-c1cc(NC(=O)CC2CSCCN2)n(C)n1.Cl. The molecular weight excluding hydrogens is 344 g/mol. The number of halogens is 1. The summed E-state index contributed by atoms with van der Waals surface area (Å²) in [5, 5.41) is 10.9. The average molecular weight is 367 g/mol. The van der Waals surface area contributed by atoms with Crippen molar-refractivity contribution in [1.82, 2.24) is 15.1 Å². The summed E-state index contributed by atoms with van der Waals surface area (Å²) in [6.07, 6.45) is 0.498. The van der Waals surface area contributed by atoms with E-state index in [0.29, 0.717) is 6.42 Å². The number of carbonyl (C=O) groups is 1. The Labute approximate surface area is 153 Å². The minimum atomic E-state index is 0. The molecule has 0 bridgehead atoms. The molecule has 0 radical (unpaired) electrons. The molecule has 1 amide bonds. The first kappa shape index (κ1) is 18.8. The van der Waals surface area contributed by atoms with Crippen molar-refractivity contribution in [2.45, 2.75) is 19.4 Å². The van der Waals surface area contributed by atoms with Crippen LogP contribution < -0.4 is 10.6 Å². The van der Waals surface area contributed by atoms with Crippen molar-refractivity contribution in [2.24, 2.45) is 7.05 Å². The predicted octanol–water partition coefficient (Wildman–Crippen LogP) is 2.85. The Kier molecular flexibility index (Phi) is 6.71. The normalized spacial score (nSPS) is 17.2. The van der Waals surface area contributed by atoms with Crippen LogP contribution in [0.3, 0.4) is 0 Å². The first-order chi connectivity index (χ1) is 11.1. The van der Waals surface area contributed by atoms with Gasteiger partial charge in [0.2, 0.25) is 5.91 Å². The molecule has 1 aromatic carbocycles. The largest absolute Gasteiger partial charge is 0.312 e. The maximum atomic E-state index is 12.2. The molecule has 0 spiro atoms. The smallest absolute Gasteiger partial charge is 0.227 e. The van der Waals surface area contributed by atoms with Crippen LogP contribution in [0.4, 0.5) is 5.82 Å². The van der Waals surface area contributed by atoms with Crippen molar-refractivity contribution in [2.75, 3.05) is 23.4 Å². The van der Waals surface area contributed by atoms with E-state index in [1.165, 1.54) is 5.56 Å². The third-order valence-corrected chi connectivity index (χ3v) is 5.13. The van der Waals surface area contributed by atoms with Crippen LogP contribution in [0.1, 0.15) is 12.0 Å². The molecule has 0 aliphatic carbocycles. The summed E-state index contributed by atoms with van der Waals surface area (Å²) in [6.45, 7) is 3.04. The Morgan fingerprint density at radius 3 is 2.96 bits per heavy atom. The van der Waals surface area contributed by atoms with E-state index in [1.54, 1.807) is 4.68 Å². The molecular formula is C17H23ClN4OS. The van der Waals surface area contributed by atoms with Gasteiger partial charge in [0, 0.05) is 49.2 Å². The molecule has 1 atom stereocenters. The molecule has 2 aromatic rings. The Bertz CT molecular complexity index is 698. The summed E-state index contributed by atoms with van der Waals surface area (Å²) >= 11 is 1.90. The molecule has 7 heteroatoms. The van der Waals surface area contributed by atoms with Crippen LogP contribution in [0.5, 0.6) is 0 Å². The number of nitrogens with one attached hydrogen (secondary N) is 2. The van der Waals surface area contributed by atoms with E-state index in [1.807, 2.05) is 43.1 Å². The van der Waals surface area contributed by atoms with Crippen molar-refractivity contribution in [1.29, 1.82) is 0 Å². The quantitative estimate of drug-likeness (QED) is 0.873. The third-order valence-electron chi connectivity index (χ3n) is 4.00. The molecule has 2 N–H and O–H groups in total. The van der Waals surface area contributed by atoms with Crippen molar-refractivity contribution < 1.29 is 4.79 Å². The number of carbonyl (C=O) groups excluding carboxylic acids is 1. The Morgan fingerprint density at radius 1 is 1.46 bits per heavy atom. The van der Waals surface area contributed by atoms with E-state index in [9.17, 15) is 4.79 Å². The lowest BCUT2D eigenvalue weighted by Crippen LogP contribution is -2.40. The summed E-state index contributed by atoms with van der Waals surface area (Å²) < 4.78 is 1.72. The highest BCUT2D eigenvalue weighted by molar-refractivity contribution is 7.99. The van der Waals surface area contributed by atoms with Gasteiger partial charge >= 0.3 is 0 Å². The van der Waals surface area contributed by atoms with Crippen LogP contribution in [0.15, 0.2) is 30.3 Å². The molecule has 1 aliphatic rings. The van der Waals surface area contributed by atoms with Gasteiger partial charge in [-0.15, -0.1) is 12.4 Å². The van der Waals surface area contributed by atoms with Gasteiger partial charge in [-0.1, -0.05) is 24.3 Å². The number of hydrogen-bond acceptors (Lipinski definition) is 4. The van der Waals surface area contributed by atoms with Gasteiger partial charge < -0.3 is 10.6 Å². The highest BCUT2D eigenvalue weighted by Crippen LogP contribution is 2.24. The molecule has 5 nitrogen and oxygen atoms in total. The number of thioether (sulfide) groups is 1. The highest BCUT2D eigenvalue weighted by atomic mass is 35.5. The summed E-state index contributed by atoms with van der Waals surface area (Å²) in [5.74, 6) is 2.88. The highest BCUT2D eigenvalue weighted by Gasteiger charge is 2.18. The zero-order valence-corrected chi connectivity index (χ0v) is 15.5. The fraction of sp³-hybridized carbons (Fsp3) is 0.412. The lowest BCUT2D eigenvalue weighted by molar-refractivity contribution is -0.116. The van der Waals surface area contributed by atoms with Gasteiger partial charge in [-0.2, -0.15) is 16.9 Å². The maximum Gasteiger partial charge on any atom is 0.227 e. The molecule has 2 heterocycles. The summed E-state index contributed by atoms with van der Waals surface area (Å²) in [5.41, 5.74) is 3.15. The number of benzene rings is 1. The second kappa shape index (κ2) is 8.55. The van der Waals surface area contributed by atoms with Gasteiger partial charge in [0.15, 0.2) is 0 Å². The monoisotopic (exact) mass is 366 g/mol. The number of amides is 1. The summed E-state index contributed by atoms with van der Waals surface area (Å²) in [4.78, 5) is 12.2. The summed E-state index contributed by atoms with van der Waals surface area (Å²) in [6, 6.07) is 10.3. The first-order valence-electron chi connectivity index (χ1n) is 7.84. The van der Waals surface area contributed by atoms with E-state index in [0.717, 1.165) is 35.1 Å². The van der Waals surface area contributed by atoms with Crippen molar-refractivity contribution in [3.05, 3.63) is 35.9 Å². The Morgan fingerprint density at radius 2 is 2.25 bits per heavy atom. The molecule has 24 heavy (non-hydrogen) atoms. The fourth-order valence-corrected chi connectivity index (χ4v) is 3.69. The standard InChI is InChI=1S/C17H22N4OS.ClH/c1-12-5-3-4-6-14(12)15-10-16(21(2)20-15)19-17(22)9-13-11-23-8-7-18-13;/h3-6,10,13,18H,7-9,11H2,1-2H3,(H,19,22);1H. The van der Waals surface area contributed by atoms with Crippen LogP contribution >= 0.6 is 24.2 Å². The lowest BCUT2D eigenvalue weighted by atomic mass is 10.1. The molecule has 3 rings (SSSR count). The molecule has 130 valence electrons. The minimum absolute atomic E-state index is 0. The van der Waals surface area contributed by atoms with E-state index in [-0.39, 0.29) is 24.4 Å². The van der Waals surface area contributed by atoms with Gasteiger partial charge in [-0.25, -0.2) is 0 Å². The molecule has 1 unspecified atom stereocenters. The van der Waals surface area contributed by atoms with E-state index in [4.69, 9.17) is 0 Å². The second-order valence-corrected chi connectivity index (χ2v) is 6.98. The van der Waals surface area contributed by atoms with Gasteiger partial charge in [-0.3, -0.25) is 9.48 Å². The predicted molar refractivity (Wildman–Crippen MR) is 103 cm³/mol. The van der Waals surface area contributed by atoms with Crippen LogP contribution in [-0.2, 0) is 11.8 Å². The maximum absolute atomic E-state index is 12.2. The van der Waals surface area contributed by atoms with Crippen molar-refractivity contribution in [3.63, 3.8) is 0 Å². The van der Waals surface area contributed by atoms with Crippen LogP contribution in [0.2, 0.25) is 0 Å². The molecule has 1 fully saturated rings. The number of rotatable bonds is 4.